The summed E-state index contributed by atoms with van der Waals surface area (Å²) in [6.45, 7) is 7.82. The number of rotatable bonds is 8. The van der Waals surface area contributed by atoms with Crippen LogP contribution in [0.1, 0.15) is 31.0 Å². The van der Waals surface area contributed by atoms with Crippen LogP contribution in [0.15, 0.2) is 64.0 Å². The Kier molecular flexibility index (Phi) is 7.80. The summed E-state index contributed by atoms with van der Waals surface area (Å²) in [4.78, 5) is 32.1. The van der Waals surface area contributed by atoms with Crippen LogP contribution >= 0.6 is 33.9 Å². The van der Waals surface area contributed by atoms with Crippen LogP contribution in [-0.2, 0) is 9.53 Å². The molecule has 202 valence electrons. The van der Waals surface area contributed by atoms with Gasteiger partial charge in [0, 0.05) is 0 Å². The summed E-state index contributed by atoms with van der Waals surface area (Å²) in [5.74, 6) is 1.78. The summed E-state index contributed by atoms with van der Waals surface area (Å²) in [5.41, 5.74) is 1.95. The molecule has 3 heterocycles. The fourth-order valence-electron chi connectivity index (χ4n) is 4.45. The van der Waals surface area contributed by atoms with Crippen molar-refractivity contribution in [2.24, 2.45) is 4.99 Å². The molecule has 0 spiro atoms. The van der Waals surface area contributed by atoms with Crippen molar-refractivity contribution >= 4 is 46.0 Å². The Bertz CT molecular complexity index is 1690. The maximum Gasteiger partial charge on any atom is 0.338 e. The summed E-state index contributed by atoms with van der Waals surface area (Å²) in [5, 5.41) is 0. The predicted molar refractivity (Wildman–Crippen MR) is 154 cm³/mol. The van der Waals surface area contributed by atoms with Crippen molar-refractivity contribution in [1.82, 2.24) is 4.57 Å². The van der Waals surface area contributed by atoms with E-state index in [1.54, 1.807) is 45.2 Å². The molecule has 2 aromatic carbocycles. The van der Waals surface area contributed by atoms with Gasteiger partial charge in [-0.05, 0) is 77.9 Å². The number of hydrogen-bond acceptors (Lipinski definition) is 9. The van der Waals surface area contributed by atoms with Crippen molar-refractivity contribution < 1.29 is 28.5 Å². The average molecular weight is 660 g/mol. The highest BCUT2D eigenvalue weighted by Gasteiger charge is 2.34. The number of esters is 1. The smallest absolute Gasteiger partial charge is 0.338 e. The Morgan fingerprint density at radius 3 is 2.82 bits per heavy atom. The Labute approximate surface area is 241 Å². The van der Waals surface area contributed by atoms with Crippen molar-refractivity contribution in [3.05, 3.63) is 88.6 Å². The van der Waals surface area contributed by atoms with Crippen molar-refractivity contribution in [1.29, 1.82) is 0 Å². The SMILES string of the molecule is C=CCOc1c(I)cc(C=c2sc3n(c2=O)[C@@H](c2ccc4c(c2)OCO4)C(C(=O)OCC)=C(C)N=3)cc1OC. The van der Waals surface area contributed by atoms with E-state index in [0.29, 0.717) is 55.8 Å². The van der Waals surface area contributed by atoms with E-state index in [4.69, 9.17) is 23.7 Å². The van der Waals surface area contributed by atoms with Gasteiger partial charge in [0.2, 0.25) is 6.79 Å². The molecular weight excluding hydrogens is 635 g/mol. The number of carbonyl (C=O) groups is 1. The highest BCUT2D eigenvalue weighted by Crippen LogP contribution is 2.38. The molecule has 0 aliphatic carbocycles. The van der Waals surface area contributed by atoms with E-state index < -0.39 is 12.0 Å². The number of benzene rings is 2. The van der Waals surface area contributed by atoms with Gasteiger partial charge in [0.1, 0.15) is 6.61 Å². The van der Waals surface area contributed by atoms with Crippen LogP contribution in [0.3, 0.4) is 0 Å². The molecule has 0 N–H and O–H groups in total. The molecule has 9 nitrogen and oxygen atoms in total. The van der Waals surface area contributed by atoms with Gasteiger partial charge in [-0.15, -0.1) is 0 Å². The Morgan fingerprint density at radius 2 is 2.08 bits per heavy atom. The molecule has 11 heteroatoms. The number of ether oxygens (including phenoxy) is 5. The average Bonchev–Trinajstić information content (AvgIpc) is 3.50. The van der Waals surface area contributed by atoms with Crippen molar-refractivity contribution in [3.8, 4) is 23.0 Å². The van der Waals surface area contributed by atoms with Crippen molar-refractivity contribution in [3.63, 3.8) is 0 Å². The zero-order valence-electron chi connectivity index (χ0n) is 21.5. The highest BCUT2D eigenvalue weighted by molar-refractivity contribution is 14.1. The van der Waals surface area contributed by atoms with E-state index in [9.17, 15) is 9.59 Å². The third-order valence-corrected chi connectivity index (χ3v) is 7.91. The Balaban J connectivity index is 1.67. The lowest BCUT2D eigenvalue weighted by Gasteiger charge is -2.24. The largest absolute Gasteiger partial charge is 0.493 e. The molecule has 0 radical (unpaired) electrons. The molecular formula is C28H25IN2O7S. The molecule has 39 heavy (non-hydrogen) atoms. The Hall–Kier alpha value is -3.58. The third kappa shape index (κ3) is 5.08. The van der Waals surface area contributed by atoms with Gasteiger partial charge in [0.25, 0.3) is 5.56 Å². The van der Waals surface area contributed by atoms with Crippen LogP contribution in [0.5, 0.6) is 23.0 Å². The van der Waals surface area contributed by atoms with Crippen LogP contribution in [-0.4, -0.2) is 37.7 Å². The number of thiazole rings is 1. The zero-order valence-corrected chi connectivity index (χ0v) is 24.5. The molecule has 0 saturated carbocycles. The van der Waals surface area contributed by atoms with Gasteiger partial charge in [-0.2, -0.15) is 0 Å². The summed E-state index contributed by atoms with van der Waals surface area (Å²) >= 11 is 3.42. The fourth-order valence-corrected chi connectivity index (χ4v) is 6.27. The second-order valence-electron chi connectivity index (χ2n) is 8.55. The first-order chi connectivity index (χ1) is 18.9. The van der Waals surface area contributed by atoms with E-state index in [-0.39, 0.29) is 19.0 Å². The lowest BCUT2D eigenvalue weighted by molar-refractivity contribution is -0.139. The maximum absolute atomic E-state index is 13.9. The van der Waals surface area contributed by atoms with E-state index in [1.807, 2.05) is 18.2 Å². The molecule has 1 atom stereocenters. The summed E-state index contributed by atoms with van der Waals surface area (Å²) in [6, 6.07) is 8.35. The van der Waals surface area contributed by atoms with E-state index in [0.717, 1.165) is 9.13 Å². The van der Waals surface area contributed by atoms with E-state index in [2.05, 4.69) is 34.2 Å². The molecule has 0 bridgehead atoms. The molecule has 5 rings (SSSR count). The molecule has 0 saturated heterocycles. The lowest BCUT2D eigenvalue weighted by Crippen LogP contribution is -2.39. The highest BCUT2D eigenvalue weighted by atomic mass is 127. The van der Waals surface area contributed by atoms with Gasteiger partial charge in [-0.25, -0.2) is 9.79 Å². The second-order valence-corrected chi connectivity index (χ2v) is 10.7. The number of hydrogen-bond donors (Lipinski definition) is 0. The number of carbonyl (C=O) groups excluding carboxylic acids is 1. The Morgan fingerprint density at radius 1 is 1.28 bits per heavy atom. The third-order valence-electron chi connectivity index (χ3n) is 6.12. The summed E-state index contributed by atoms with van der Waals surface area (Å²) in [7, 11) is 1.56. The number of methoxy groups -OCH3 is 1. The zero-order chi connectivity index (χ0) is 27.7. The van der Waals surface area contributed by atoms with Crippen LogP contribution in [0.25, 0.3) is 6.08 Å². The quantitative estimate of drug-likeness (QED) is 0.207. The minimum atomic E-state index is -0.749. The van der Waals surface area contributed by atoms with Crippen molar-refractivity contribution in [2.75, 3.05) is 27.1 Å². The molecule has 0 amide bonds. The molecule has 0 unspecified atom stereocenters. The van der Waals surface area contributed by atoms with Crippen molar-refractivity contribution in [2.45, 2.75) is 19.9 Å². The normalized spacial score (nSPS) is 16.0. The van der Waals surface area contributed by atoms with Gasteiger partial charge < -0.3 is 23.7 Å². The van der Waals surface area contributed by atoms with Crippen LogP contribution in [0.2, 0.25) is 0 Å². The molecule has 2 aliphatic heterocycles. The lowest BCUT2D eigenvalue weighted by atomic mass is 9.95. The molecule has 2 aliphatic rings. The van der Waals surface area contributed by atoms with Gasteiger partial charge in [-0.3, -0.25) is 9.36 Å². The monoisotopic (exact) mass is 660 g/mol. The van der Waals surface area contributed by atoms with Gasteiger partial charge in [0.05, 0.1) is 39.1 Å². The van der Waals surface area contributed by atoms with Crippen LogP contribution in [0, 0.1) is 3.57 Å². The first-order valence-corrected chi connectivity index (χ1v) is 14.0. The van der Waals surface area contributed by atoms with Crippen LogP contribution in [0.4, 0.5) is 0 Å². The minimum Gasteiger partial charge on any atom is -0.493 e. The number of allylic oxidation sites excluding steroid dienone is 1. The fraction of sp³-hybridized carbons (Fsp3) is 0.250. The number of nitrogens with zero attached hydrogens (tertiary/aromatic N) is 2. The predicted octanol–water partition coefficient (Wildman–Crippen LogP) is 3.71. The number of halogens is 1. The topological polar surface area (TPSA) is 97.6 Å². The summed E-state index contributed by atoms with van der Waals surface area (Å²) < 4.78 is 30.5. The summed E-state index contributed by atoms with van der Waals surface area (Å²) in [6.07, 6.45) is 3.44. The molecule has 0 fully saturated rings. The number of aromatic nitrogens is 1. The van der Waals surface area contributed by atoms with Gasteiger partial charge in [-0.1, -0.05) is 30.1 Å². The van der Waals surface area contributed by atoms with Crippen LogP contribution < -0.4 is 33.8 Å². The van der Waals surface area contributed by atoms with E-state index in [1.165, 1.54) is 15.9 Å². The first-order valence-electron chi connectivity index (χ1n) is 12.1. The minimum absolute atomic E-state index is 0.112. The number of fused-ring (bicyclic) bond motifs is 2. The van der Waals surface area contributed by atoms with Gasteiger partial charge >= 0.3 is 5.97 Å². The second kappa shape index (κ2) is 11.3. The van der Waals surface area contributed by atoms with Gasteiger partial charge in [0.15, 0.2) is 27.8 Å². The maximum atomic E-state index is 13.9. The molecule has 3 aromatic rings. The molecule has 1 aromatic heterocycles. The van der Waals surface area contributed by atoms with E-state index >= 15 is 0 Å². The first kappa shape index (κ1) is 27.0. The standard InChI is InChI=1S/C28H25IN2O7S/c1-5-9-36-25-18(29)10-16(11-21(25)34-4)12-22-26(32)31-24(17-7-8-19-20(13-17)38-14-37-19)23(27(33)35-6-2)15(3)30-28(31)39-22/h5,7-8,10-13,24H,1,6,9,14H2,2-4H3/t24-/m0/s1.